The van der Waals surface area contributed by atoms with Crippen molar-refractivity contribution in [2.75, 3.05) is 0 Å². The Bertz CT molecular complexity index is 2400. The van der Waals surface area contributed by atoms with Gasteiger partial charge in [0.15, 0.2) is 5.41 Å². The maximum absolute atomic E-state index is 12.9. The molecule has 6 aliphatic carbocycles. The molecule has 0 spiro atoms. The van der Waals surface area contributed by atoms with Gasteiger partial charge in [0, 0.05) is 28.3 Å². The van der Waals surface area contributed by atoms with Gasteiger partial charge in [0.2, 0.25) is 11.6 Å². The smallest absolute Gasteiger partial charge is 0.247 e. The molecular weight excluding hydrogens is 1510 g/mol. The third-order valence-electron chi connectivity index (χ3n) is 23.6. The average Bonchev–Trinajstić information content (AvgIpc) is 1.53. The summed E-state index contributed by atoms with van der Waals surface area (Å²) in [5.41, 5.74) is -9.32. The maximum atomic E-state index is 12.9. The fraction of sp³-hybridized carbons (Fsp3) is 1.00. The maximum Gasteiger partial charge on any atom is 0.402 e. The summed E-state index contributed by atoms with van der Waals surface area (Å²) in [6.45, 7) is 49.3. The first-order valence-corrected chi connectivity index (χ1v) is 37.3. The van der Waals surface area contributed by atoms with E-state index in [1.807, 2.05) is 27.7 Å². The fourth-order valence-corrected chi connectivity index (χ4v) is 12.1. The molecule has 0 N–H and O–H groups in total. The third-order valence-corrected chi connectivity index (χ3v) is 23.6. The summed E-state index contributed by atoms with van der Waals surface area (Å²) in [4.78, 5) is 0. The van der Waals surface area contributed by atoms with Crippen molar-refractivity contribution in [1.29, 1.82) is 0 Å². The molecule has 108 heavy (non-hydrogen) atoms. The molecule has 0 radical (unpaired) electrons. The van der Waals surface area contributed by atoms with Crippen LogP contribution in [0.5, 0.6) is 0 Å². The van der Waals surface area contributed by atoms with E-state index >= 15 is 0 Å². The van der Waals surface area contributed by atoms with Gasteiger partial charge in [-0.2, -0.15) is 96.6 Å². The molecule has 0 aromatic rings. The molecule has 0 heterocycles. The van der Waals surface area contributed by atoms with Crippen LogP contribution < -0.4 is 0 Å². The Hall–Kier alpha value is -2.10. The molecule has 0 saturated heterocycles. The molecule has 6 rings (SSSR count). The lowest BCUT2D eigenvalue weighted by Crippen LogP contribution is -2.52. The van der Waals surface area contributed by atoms with Gasteiger partial charge in [0.1, 0.15) is 18.5 Å². The number of rotatable bonds is 4. The van der Waals surface area contributed by atoms with Gasteiger partial charge < -0.3 is 0 Å². The number of halogens is 30. The summed E-state index contributed by atoms with van der Waals surface area (Å²) in [5, 5.41) is 0. The predicted molar refractivity (Wildman–Crippen MR) is 374 cm³/mol. The highest BCUT2D eigenvalue weighted by Crippen LogP contribution is 2.65. The average molecular weight is 1650 g/mol. The summed E-state index contributed by atoms with van der Waals surface area (Å²) < 4.78 is 393. The first-order chi connectivity index (χ1) is 48.3. The molecule has 30 heteroatoms. The van der Waals surface area contributed by atoms with Crippen molar-refractivity contribution in [1.82, 2.24) is 0 Å². The van der Waals surface area contributed by atoms with Crippen LogP contribution >= 0.6 is 0 Å². The zero-order valence-electron chi connectivity index (χ0n) is 72.5. The molecule has 6 saturated carbocycles. The Morgan fingerprint density at radius 3 is 0.769 bits per heavy atom. The lowest BCUT2D eigenvalue weighted by molar-refractivity contribution is -0.335. The molecule has 0 aromatic heterocycles. The van der Waals surface area contributed by atoms with Gasteiger partial charge in [-0.15, -0.1) is 0 Å². The first kappa shape index (κ1) is 108. The molecule has 0 amide bonds. The van der Waals surface area contributed by atoms with Crippen LogP contribution in [0.15, 0.2) is 0 Å². The van der Waals surface area contributed by atoms with Gasteiger partial charge in [0.25, 0.3) is 5.92 Å². The standard InChI is InChI=1S/C10H14F6.C8H13F3.2C8H16.C7H7F7.C7H11F3.C6H8F6.C6H11F3.C6H12F2.2C6H14/c1-4-5(2)8(10(14,15)16)6(3)7(4)9(11,12)13;1-5-3-6(2)7(4-5)8(9,10)11;2*1-6-4-5-7(2)8(6)3;1-3-5(9,10)4(2,8)7(13,14)6(3,11)12;1-3-5(8)4(2)7(10)6(3)9;1-3-4(2,5(7,8)9)6(10,11)12;1-4-5(2,3)6(7,8)9;1-4-6(7,8)5(2)3;2*1-5-6(2,3)4/h4-8H,1-3H3;5-7H,3-4H2,1-2H3;2*6-8H,4-5H2,1-3H3;3H,1-2H3;3-7H,1-2H3;3H2,1-2H3;4H2,1-3H3;5H,4H2,1-3H3;2*5H2,1-4H3/t;;;;3-,4?;;;;;;/m....0....../s1/i;;8D;;;;;;;5D2;. The van der Waals surface area contributed by atoms with E-state index in [1.165, 1.54) is 101 Å². The highest BCUT2D eigenvalue weighted by molar-refractivity contribution is 5.19. The van der Waals surface area contributed by atoms with Gasteiger partial charge in [0.05, 0.1) is 29.1 Å². The highest BCUT2D eigenvalue weighted by atomic mass is 19.4. The summed E-state index contributed by atoms with van der Waals surface area (Å²) >= 11 is 0. The van der Waals surface area contributed by atoms with E-state index in [0.29, 0.717) is 23.7 Å². The highest BCUT2D eigenvalue weighted by Gasteiger charge is 2.88. The molecule has 6 aliphatic rings. The summed E-state index contributed by atoms with van der Waals surface area (Å²) in [6, 6.07) is 0. The van der Waals surface area contributed by atoms with Crippen LogP contribution in [0.1, 0.15) is 289 Å². The van der Waals surface area contributed by atoms with Crippen molar-refractivity contribution < 1.29 is 136 Å². The monoisotopic (exact) mass is 1650 g/mol. The second-order valence-electron chi connectivity index (χ2n) is 34.6. The largest absolute Gasteiger partial charge is 0.402 e. The van der Waals surface area contributed by atoms with Crippen LogP contribution in [-0.4, -0.2) is 84.9 Å². The lowest BCUT2D eigenvalue weighted by Gasteiger charge is -2.32. The van der Waals surface area contributed by atoms with E-state index < -0.39 is 168 Å². The molecule has 0 nitrogen and oxygen atoms in total. The molecular formula is C78H136F30. The van der Waals surface area contributed by atoms with E-state index in [9.17, 15) is 132 Å². The molecule has 6 fully saturated rings. The van der Waals surface area contributed by atoms with E-state index in [2.05, 4.69) is 69.2 Å². The van der Waals surface area contributed by atoms with Crippen molar-refractivity contribution in [3.05, 3.63) is 0 Å². The van der Waals surface area contributed by atoms with Crippen molar-refractivity contribution in [3.8, 4) is 0 Å². The molecule has 0 aliphatic heterocycles. The van der Waals surface area contributed by atoms with Crippen molar-refractivity contribution in [2.24, 2.45) is 128 Å². The second kappa shape index (κ2) is 43.2. The minimum Gasteiger partial charge on any atom is -0.247 e. The summed E-state index contributed by atoms with van der Waals surface area (Å²) in [5.74, 6) is -26.7. The molecule has 16 unspecified atom stereocenters. The Kier molecular flexibility index (Phi) is 43.2. The van der Waals surface area contributed by atoms with Crippen molar-refractivity contribution in [2.45, 2.75) is 370 Å². The van der Waals surface area contributed by atoms with Crippen molar-refractivity contribution in [3.63, 3.8) is 0 Å². The quantitative estimate of drug-likeness (QED) is 0.246. The van der Waals surface area contributed by atoms with Crippen LogP contribution in [0.3, 0.4) is 0 Å². The summed E-state index contributed by atoms with van der Waals surface area (Å²) in [7, 11) is 0. The number of hydrogen-bond donors (Lipinski definition) is 0. The van der Waals surface area contributed by atoms with Gasteiger partial charge >= 0.3 is 48.9 Å². The van der Waals surface area contributed by atoms with Crippen LogP contribution in [0.25, 0.3) is 0 Å². The zero-order valence-corrected chi connectivity index (χ0v) is 69.5. The SMILES string of the molecule is CC1C(C)C(C(F)(F)F)C(C)C1C(F)(F)F.CC1C(F)C(C)C(F)C1F.CC1CC(C)C(C(F)(F)F)C1.CC1CCC(C)C1C.CCC(C)(C(F)(F)F)C(F)(F)F.CCC(C)(C)C.CCC(C)(C)C(F)(F)F.CCC(F)(F)C(C)C.C[C@H]1C(F)(F)C(C)(F)C(F)(F)C1(F)F.[2H]C([2H])(C)C(C)(C)C.[2H]C1(C)C(C)CCC1C. The Labute approximate surface area is 632 Å². The van der Waals surface area contributed by atoms with Crippen LogP contribution in [0.2, 0.25) is 0 Å². The Morgan fingerprint density at radius 1 is 0.380 bits per heavy atom. The third kappa shape index (κ3) is 33.6. The minimum atomic E-state index is -5.36. The number of hydrogen-bond acceptors (Lipinski definition) is 0. The van der Waals surface area contributed by atoms with E-state index in [-0.39, 0.29) is 56.8 Å². The summed E-state index contributed by atoms with van der Waals surface area (Å²) in [6.07, 6.45) is -26.4. The molecule has 0 aromatic carbocycles. The Balaban J connectivity index is -0.000000375. The van der Waals surface area contributed by atoms with Crippen LogP contribution in [0, 0.1) is 128 Å². The van der Waals surface area contributed by atoms with E-state index in [1.54, 1.807) is 13.8 Å². The van der Waals surface area contributed by atoms with E-state index in [0.717, 1.165) is 38.0 Å². The van der Waals surface area contributed by atoms with Gasteiger partial charge in [-0.25, -0.2) is 35.1 Å². The first-order valence-electron chi connectivity index (χ1n) is 38.8. The number of alkyl halides is 30. The van der Waals surface area contributed by atoms with Gasteiger partial charge in [-0.1, -0.05) is 239 Å². The lowest BCUT2D eigenvalue weighted by atomic mass is 9.86. The van der Waals surface area contributed by atoms with Crippen LogP contribution in [0.4, 0.5) is 132 Å². The van der Waals surface area contributed by atoms with Crippen molar-refractivity contribution >= 4 is 0 Å². The second-order valence-corrected chi connectivity index (χ2v) is 34.6. The topological polar surface area (TPSA) is 0 Å². The molecule has 658 valence electrons. The van der Waals surface area contributed by atoms with Crippen LogP contribution in [-0.2, 0) is 0 Å². The Morgan fingerprint density at radius 2 is 0.694 bits per heavy atom. The normalized spacial score (nSPS) is 34.4. The van der Waals surface area contributed by atoms with Gasteiger partial charge in [-0.05, 0) is 115 Å². The molecule has 0 bridgehead atoms. The minimum absolute atomic E-state index is 0.0509. The predicted octanol–water partition coefficient (Wildman–Crippen LogP) is 32.5. The van der Waals surface area contributed by atoms with E-state index in [4.69, 9.17) is 4.11 Å². The van der Waals surface area contributed by atoms with Gasteiger partial charge in [-0.3, -0.25) is 0 Å². The zero-order chi connectivity index (χ0) is 91.1. The molecule has 17 atom stereocenters. The fourth-order valence-electron chi connectivity index (χ4n) is 12.1.